The second-order valence-electron chi connectivity index (χ2n) is 8.49. The van der Waals surface area contributed by atoms with Gasteiger partial charge in [-0.25, -0.2) is 4.39 Å². The van der Waals surface area contributed by atoms with Crippen molar-refractivity contribution in [2.24, 2.45) is 11.7 Å². The molecule has 156 valence electrons. The summed E-state index contributed by atoms with van der Waals surface area (Å²) in [5.74, 6) is 0.380. The third-order valence-electron chi connectivity index (χ3n) is 6.13. The van der Waals surface area contributed by atoms with Crippen LogP contribution < -0.4 is 5.73 Å². The maximum absolute atomic E-state index is 14.4. The van der Waals surface area contributed by atoms with Gasteiger partial charge in [0.25, 0.3) is 0 Å². The Labute approximate surface area is 175 Å². The first-order chi connectivity index (χ1) is 14.5. The Morgan fingerprint density at radius 1 is 1.20 bits per heavy atom. The Bertz CT molecular complexity index is 1070. The zero-order chi connectivity index (χ0) is 21.3. The first-order valence-corrected chi connectivity index (χ1v) is 10.6. The molecule has 0 saturated heterocycles. The minimum Gasteiger partial charge on any atom is -0.328 e. The van der Waals surface area contributed by atoms with Crippen LogP contribution in [0.4, 0.5) is 4.39 Å². The number of ketones is 1. The van der Waals surface area contributed by atoms with Gasteiger partial charge in [0.1, 0.15) is 11.3 Å². The fraction of sp³-hybridized carbons (Fsp3) is 0.417. The number of halogens is 1. The van der Waals surface area contributed by atoms with E-state index in [9.17, 15) is 9.18 Å². The number of pyridine rings is 1. The van der Waals surface area contributed by atoms with Crippen LogP contribution in [0.25, 0.3) is 10.9 Å². The van der Waals surface area contributed by atoms with E-state index in [4.69, 9.17) is 5.73 Å². The molecule has 3 atom stereocenters. The number of carbonyl (C=O) groups excluding carboxylic acids is 1. The first-order valence-electron chi connectivity index (χ1n) is 10.6. The number of rotatable bonds is 5. The lowest BCUT2D eigenvalue weighted by Gasteiger charge is -2.32. The zero-order valence-electron chi connectivity index (χ0n) is 17.4. The van der Waals surface area contributed by atoms with E-state index >= 15 is 0 Å². The molecule has 0 spiro atoms. The van der Waals surface area contributed by atoms with Gasteiger partial charge in [-0.3, -0.25) is 9.78 Å². The summed E-state index contributed by atoms with van der Waals surface area (Å²) in [4.78, 5) is 17.5. The number of nitrogens with two attached hydrogens (primary N) is 1. The summed E-state index contributed by atoms with van der Waals surface area (Å²) in [5.41, 5.74) is 9.72. The molecule has 0 amide bonds. The van der Waals surface area contributed by atoms with Crippen molar-refractivity contribution in [3.05, 3.63) is 64.9 Å². The molecule has 1 fully saturated rings. The van der Waals surface area contributed by atoms with Crippen LogP contribution in [0, 0.1) is 11.7 Å². The van der Waals surface area contributed by atoms with Gasteiger partial charge in [0.15, 0.2) is 5.78 Å². The van der Waals surface area contributed by atoms with E-state index < -0.39 is 5.82 Å². The van der Waals surface area contributed by atoms with Crippen LogP contribution in [0.15, 0.2) is 36.7 Å². The summed E-state index contributed by atoms with van der Waals surface area (Å²) in [6.45, 7) is 4.16. The van der Waals surface area contributed by atoms with Gasteiger partial charge in [-0.2, -0.15) is 5.10 Å². The smallest absolute Gasteiger partial charge is 0.169 e. The van der Waals surface area contributed by atoms with Crippen LogP contribution in [0.3, 0.4) is 0 Å². The van der Waals surface area contributed by atoms with Crippen LogP contribution in [0.1, 0.15) is 66.2 Å². The minimum atomic E-state index is -0.390. The topological polar surface area (TPSA) is 81.8 Å². The summed E-state index contributed by atoms with van der Waals surface area (Å²) in [6, 6.07) is 6.71. The largest absolute Gasteiger partial charge is 0.328 e. The molecule has 0 unspecified atom stereocenters. The monoisotopic (exact) mass is 406 g/mol. The van der Waals surface area contributed by atoms with E-state index in [0.29, 0.717) is 40.4 Å². The Balaban J connectivity index is 1.66. The van der Waals surface area contributed by atoms with Crippen molar-refractivity contribution in [2.45, 2.75) is 57.9 Å². The van der Waals surface area contributed by atoms with Crippen molar-refractivity contribution in [1.82, 2.24) is 15.2 Å². The Morgan fingerprint density at radius 3 is 2.80 bits per heavy atom. The maximum atomic E-state index is 14.4. The highest BCUT2D eigenvalue weighted by Crippen LogP contribution is 2.37. The first kappa shape index (κ1) is 20.5. The van der Waals surface area contributed by atoms with E-state index in [1.807, 2.05) is 13.0 Å². The molecule has 3 aromatic rings. The average molecular weight is 407 g/mol. The predicted octanol–water partition coefficient (Wildman–Crippen LogP) is 4.38. The molecule has 5 nitrogen and oxygen atoms in total. The third-order valence-corrected chi connectivity index (χ3v) is 6.13. The van der Waals surface area contributed by atoms with Gasteiger partial charge in [-0.1, -0.05) is 13.8 Å². The average Bonchev–Trinajstić information content (AvgIpc) is 2.73. The maximum Gasteiger partial charge on any atom is 0.169 e. The standard InChI is InChI=1S/C24H27FN4O/c1-3-18-12-21-22(25)5-4-20(24(21)29-28-18)23(30)11-16-13-27-7-6-19(16)15-8-14(2)9-17(26)10-15/h4-7,12-15,17H,3,8-11,26H2,1-2H3/t14-,15+,17-/m0/s1. The van der Waals surface area contributed by atoms with Crippen molar-refractivity contribution in [3.8, 4) is 0 Å². The molecule has 0 aliphatic heterocycles. The molecule has 0 bridgehead atoms. The van der Waals surface area contributed by atoms with Crippen LogP contribution in [-0.2, 0) is 12.8 Å². The third kappa shape index (κ3) is 4.10. The molecule has 1 aliphatic carbocycles. The molecule has 1 aromatic carbocycles. The molecule has 4 rings (SSSR count). The Hall–Kier alpha value is -2.73. The molecular formula is C24H27FN4O. The van der Waals surface area contributed by atoms with Gasteiger partial charge in [-0.05, 0) is 72.9 Å². The molecular weight excluding hydrogens is 379 g/mol. The molecule has 2 N–H and O–H groups in total. The number of hydrogen-bond acceptors (Lipinski definition) is 5. The summed E-state index contributed by atoms with van der Waals surface area (Å²) in [6.07, 6.45) is 7.41. The van der Waals surface area contributed by atoms with Crippen LogP contribution >= 0.6 is 0 Å². The van der Waals surface area contributed by atoms with E-state index in [2.05, 4.69) is 22.1 Å². The second kappa shape index (κ2) is 8.56. The van der Waals surface area contributed by atoms with Gasteiger partial charge in [0.05, 0.1) is 5.69 Å². The van der Waals surface area contributed by atoms with E-state index in [-0.39, 0.29) is 18.2 Å². The molecule has 30 heavy (non-hydrogen) atoms. The van der Waals surface area contributed by atoms with Crippen molar-refractivity contribution >= 4 is 16.7 Å². The Morgan fingerprint density at radius 2 is 2.03 bits per heavy atom. The number of nitrogens with zero attached hydrogens (tertiary/aromatic N) is 3. The molecule has 1 saturated carbocycles. The molecule has 2 aromatic heterocycles. The fourth-order valence-corrected chi connectivity index (χ4v) is 4.70. The van der Waals surface area contributed by atoms with Crippen molar-refractivity contribution in [3.63, 3.8) is 0 Å². The number of aryl methyl sites for hydroxylation is 1. The number of hydrogen-bond donors (Lipinski definition) is 1. The number of carbonyl (C=O) groups is 1. The highest BCUT2D eigenvalue weighted by molar-refractivity contribution is 6.07. The summed E-state index contributed by atoms with van der Waals surface area (Å²) >= 11 is 0. The minimum absolute atomic E-state index is 0.110. The van der Waals surface area contributed by atoms with Gasteiger partial charge >= 0.3 is 0 Å². The van der Waals surface area contributed by atoms with Crippen molar-refractivity contribution < 1.29 is 9.18 Å². The lowest BCUT2D eigenvalue weighted by Crippen LogP contribution is -2.31. The normalized spacial score (nSPS) is 21.7. The van der Waals surface area contributed by atoms with Gasteiger partial charge in [0, 0.05) is 35.8 Å². The summed E-state index contributed by atoms with van der Waals surface area (Å²) in [7, 11) is 0. The number of aromatic nitrogens is 3. The van der Waals surface area contributed by atoms with Gasteiger partial charge in [-0.15, -0.1) is 5.10 Å². The number of fused-ring (bicyclic) bond motifs is 1. The van der Waals surface area contributed by atoms with Crippen LogP contribution in [0.2, 0.25) is 0 Å². The Kier molecular flexibility index (Phi) is 5.86. The quantitative estimate of drug-likeness (QED) is 0.636. The summed E-state index contributed by atoms with van der Waals surface area (Å²) in [5, 5.41) is 8.63. The lowest BCUT2D eigenvalue weighted by molar-refractivity contribution is 0.0993. The van der Waals surface area contributed by atoms with E-state index in [0.717, 1.165) is 30.4 Å². The van der Waals surface area contributed by atoms with Crippen molar-refractivity contribution in [2.75, 3.05) is 0 Å². The predicted molar refractivity (Wildman–Crippen MR) is 115 cm³/mol. The SMILES string of the molecule is CCc1cc2c(F)ccc(C(=O)Cc3cnccc3[C@@H]3C[C@H](C)C[C@H](N)C3)c2nn1. The van der Waals surface area contributed by atoms with E-state index in [1.165, 1.54) is 12.1 Å². The van der Waals surface area contributed by atoms with Crippen LogP contribution in [-0.4, -0.2) is 27.0 Å². The molecule has 6 heteroatoms. The second-order valence-corrected chi connectivity index (χ2v) is 8.49. The number of benzene rings is 1. The lowest BCUT2D eigenvalue weighted by atomic mass is 9.75. The molecule has 1 aliphatic rings. The molecule has 0 radical (unpaired) electrons. The highest BCUT2D eigenvalue weighted by Gasteiger charge is 2.27. The summed E-state index contributed by atoms with van der Waals surface area (Å²) < 4.78 is 14.4. The van der Waals surface area contributed by atoms with E-state index in [1.54, 1.807) is 18.5 Å². The zero-order valence-corrected chi connectivity index (χ0v) is 17.4. The highest BCUT2D eigenvalue weighted by atomic mass is 19.1. The van der Waals surface area contributed by atoms with Crippen LogP contribution in [0.5, 0.6) is 0 Å². The number of Topliss-reactive ketones (excluding diaryl/α,β-unsaturated/α-hetero) is 1. The molecule has 2 heterocycles. The van der Waals surface area contributed by atoms with Gasteiger partial charge < -0.3 is 5.73 Å². The fourth-order valence-electron chi connectivity index (χ4n) is 4.70. The van der Waals surface area contributed by atoms with Gasteiger partial charge in [0.2, 0.25) is 0 Å². The van der Waals surface area contributed by atoms with Crippen molar-refractivity contribution in [1.29, 1.82) is 0 Å².